The third kappa shape index (κ3) is 10.8. The van der Waals surface area contributed by atoms with Crippen molar-refractivity contribution in [1.82, 2.24) is 4.57 Å². The van der Waals surface area contributed by atoms with Crippen LogP contribution in [-0.4, -0.2) is 69.4 Å². The Morgan fingerprint density at radius 2 is 0.844 bits per heavy atom. The minimum atomic E-state index is -2.11. The molecule has 5 nitrogen and oxygen atoms in total. The van der Waals surface area contributed by atoms with E-state index in [4.69, 9.17) is 17.7 Å². The SMILES string of the molecule is CCO[Si](C)(CC(C)CN(CC(C)C[Si](C)(OCC)OCC)[Si](CC)(CC)CC)OCC. The third-order valence-electron chi connectivity index (χ3n) is 6.95. The van der Waals surface area contributed by atoms with Gasteiger partial charge in [0.2, 0.25) is 0 Å². The molecule has 0 radical (unpaired) electrons. The Morgan fingerprint density at radius 3 is 1.06 bits per heavy atom. The molecule has 0 fully saturated rings. The maximum Gasteiger partial charge on any atom is 0.335 e. The minimum absolute atomic E-state index is 0.566. The van der Waals surface area contributed by atoms with Gasteiger partial charge >= 0.3 is 17.1 Å². The number of hydrogen-bond donors (Lipinski definition) is 0. The van der Waals surface area contributed by atoms with Crippen LogP contribution in [0.4, 0.5) is 0 Å². The summed E-state index contributed by atoms with van der Waals surface area (Å²) in [6.07, 6.45) is 0. The Balaban J connectivity index is 5.57. The lowest BCUT2D eigenvalue weighted by Crippen LogP contribution is -2.56. The van der Waals surface area contributed by atoms with Gasteiger partial charge in [-0.15, -0.1) is 0 Å². The van der Waals surface area contributed by atoms with Crippen molar-refractivity contribution in [3.05, 3.63) is 0 Å². The van der Waals surface area contributed by atoms with Crippen LogP contribution >= 0.6 is 0 Å². The van der Waals surface area contributed by atoms with Crippen LogP contribution in [0.1, 0.15) is 62.3 Å². The van der Waals surface area contributed by atoms with Crippen molar-refractivity contribution in [2.45, 2.75) is 106 Å². The first-order valence-corrected chi connectivity index (χ1v) is 20.9. The molecule has 0 saturated carbocycles. The molecule has 0 aromatic heterocycles. The van der Waals surface area contributed by atoms with Crippen molar-refractivity contribution in [2.24, 2.45) is 11.8 Å². The lowest BCUT2D eigenvalue weighted by atomic mass is 10.2. The Labute approximate surface area is 204 Å². The summed E-state index contributed by atoms with van der Waals surface area (Å²) in [5.41, 5.74) is 0. The van der Waals surface area contributed by atoms with E-state index in [1.54, 1.807) is 0 Å². The van der Waals surface area contributed by atoms with Crippen LogP contribution in [0.5, 0.6) is 0 Å². The van der Waals surface area contributed by atoms with Gasteiger partial charge in [0.25, 0.3) is 0 Å². The largest absolute Gasteiger partial charge is 0.395 e. The smallest absolute Gasteiger partial charge is 0.335 e. The molecular weight excluding hydrogens is 451 g/mol. The van der Waals surface area contributed by atoms with Crippen molar-refractivity contribution in [1.29, 1.82) is 0 Å². The molecule has 194 valence electrons. The van der Waals surface area contributed by atoms with Gasteiger partial charge in [-0.1, -0.05) is 34.6 Å². The fourth-order valence-electron chi connectivity index (χ4n) is 5.57. The Bertz CT molecular complexity index is 428. The lowest BCUT2D eigenvalue weighted by molar-refractivity contribution is 0.178. The first kappa shape index (κ1) is 32.5. The van der Waals surface area contributed by atoms with Crippen molar-refractivity contribution in [3.63, 3.8) is 0 Å². The molecule has 0 N–H and O–H groups in total. The van der Waals surface area contributed by atoms with E-state index in [-0.39, 0.29) is 0 Å². The molecule has 0 aliphatic heterocycles. The van der Waals surface area contributed by atoms with Crippen molar-refractivity contribution in [2.75, 3.05) is 39.5 Å². The molecule has 2 unspecified atom stereocenters. The first-order valence-electron chi connectivity index (χ1n) is 13.3. The summed E-state index contributed by atoms with van der Waals surface area (Å²) in [6.45, 7) is 30.2. The van der Waals surface area contributed by atoms with Gasteiger partial charge in [0.1, 0.15) is 8.24 Å². The minimum Gasteiger partial charge on any atom is -0.395 e. The fraction of sp³-hybridized carbons (Fsp3) is 1.00. The van der Waals surface area contributed by atoms with Crippen LogP contribution < -0.4 is 0 Å². The van der Waals surface area contributed by atoms with Gasteiger partial charge in [0, 0.05) is 26.4 Å². The highest BCUT2D eigenvalue weighted by Gasteiger charge is 2.40. The second kappa shape index (κ2) is 16.2. The normalized spacial score (nSPS) is 15.4. The molecule has 0 spiro atoms. The van der Waals surface area contributed by atoms with Crippen molar-refractivity contribution < 1.29 is 17.7 Å². The predicted octanol–water partition coefficient (Wildman–Crippen LogP) is 6.86. The number of nitrogens with zero attached hydrogens (tertiary/aromatic N) is 1. The quantitative estimate of drug-likeness (QED) is 0.168. The van der Waals surface area contributed by atoms with E-state index < -0.39 is 25.4 Å². The summed E-state index contributed by atoms with van der Waals surface area (Å²) in [7, 11) is -5.72. The summed E-state index contributed by atoms with van der Waals surface area (Å²) >= 11 is 0. The van der Waals surface area contributed by atoms with E-state index in [0.717, 1.165) is 51.6 Å². The molecule has 8 heteroatoms. The van der Waals surface area contributed by atoms with Gasteiger partial charge in [-0.2, -0.15) is 0 Å². The van der Waals surface area contributed by atoms with Crippen LogP contribution in [0.2, 0.25) is 43.3 Å². The summed E-state index contributed by atoms with van der Waals surface area (Å²) in [5, 5.41) is 0. The molecule has 0 amide bonds. The van der Waals surface area contributed by atoms with E-state index in [1.165, 1.54) is 18.1 Å². The van der Waals surface area contributed by atoms with Crippen LogP contribution in [0, 0.1) is 11.8 Å². The van der Waals surface area contributed by atoms with Gasteiger partial charge in [0.05, 0.1) is 0 Å². The van der Waals surface area contributed by atoms with Gasteiger partial charge in [-0.3, -0.25) is 0 Å². The van der Waals surface area contributed by atoms with Gasteiger partial charge in [-0.05, 0) is 95.9 Å². The van der Waals surface area contributed by atoms with Crippen LogP contribution in [-0.2, 0) is 17.7 Å². The lowest BCUT2D eigenvalue weighted by Gasteiger charge is -2.45. The third-order valence-corrected chi connectivity index (χ3v) is 19.1. The molecule has 0 aliphatic rings. The highest BCUT2D eigenvalue weighted by Crippen LogP contribution is 2.31. The van der Waals surface area contributed by atoms with Gasteiger partial charge in [0.15, 0.2) is 0 Å². The molecule has 2 atom stereocenters. The maximum absolute atomic E-state index is 6.17. The zero-order chi connectivity index (χ0) is 24.8. The second-order valence-electron chi connectivity index (χ2n) is 9.81. The monoisotopic (exact) mass is 507 g/mol. The molecular formula is C24H57NO4Si3. The maximum atomic E-state index is 6.17. The average molecular weight is 508 g/mol. The van der Waals surface area contributed by atoms with Crippen molar-refractivity contribution >= 4 is 25.4 Å². The van der Waals surface area contributed by atoms with Gasteiger partial charge < -0.3 is 22.3 Å². The second-order valence-corrected chi connectivity index (χ2v) is 21.5. The Kier molecular flexibility index (Phi) is 16.4. The molecule has 0 bridgehead atoms. The van der Waals surface area contributed by atoms with E-state index in [1.807, 2.05) is 0 Å². The van der Waals surface area contributed by atoms with E-state index in [0.29, 0.717) is 11.8 Å². The molecule has 0 heterocycles. The number of rotatable bonds is 20. The highest BCUT2D eigenvalue weighted by atomic mass is 28.4. The summed E-state index contributed by atoms with van der Waals surface area (Å²) in [6, 6.07) is 6.07. The predicted molar refractivity (Wildman–Crippen MR) is 146 cm³/mol. The standard InChI is InChI=1S/C24H57NO4Si3/c1-12-26-30(10,27-13-2)21-23(8)19-25(32(16-5,17-6)18-7)20-24(9)22-31(11,28-14-3)29-15-4/h23-24H,12-22H2,1-11H3. The zero-order valence-corrected chi connectivity index (χ0v) is 26.5. The highest BCUT2D eigenvalue weighted by molar-refractivity contribution is 6.77. The van der Waals surface area contributed by atoms with E-state index in [9.17, 15) is 0 Å². The molecule has 32 heavy (non-hydrogen) atoms. The molecule has 0 rings (SSSR count). The van der Waals surface area contributed by atoms with Crippen molar-refractivity contribution in [3.8, 4) is 0 Å². The Morgan fingerprint density at radius 1 is 0.562 bits per heavy atom. The zero-order valence-electron chi connectivity index (χ0n) is 23.5. The summed E-state index contributed by atoms with van der Waals surface area (Å²) in [4.78, 5) is 0. The van der Waals surface area contributed by atoms with E-state index in [2.05, 4.69) is 80.0 Å². The Hall–Kier alpha value is 0.451. The number of hydrogen-bond acceptors (Lipinski definition) is 5. The molecule has 0 aromatic carbocycles. The van der Waals surface area contributed by atoms with Crippen LogP contribution in [0.25, 0.3) is 0 Å². The summed E-state index contributed by atoms with van der Waals surface area (Å²) in [5.74, 6) is 1.13. The van der Waals surface area contributed by atoms with Crippen LogP contribution in [0.15, 0.2) is 0 Å². The summed E-state index contributed by atoms with van der Waals surface area (Å²) < 4.78 is 27.6. The van der Waals surface area contributed by atoms with E-state index >= 15 is 0 Å². The molecule has 0 aliphatic carbocycles. The molecule has 0 aromatic rings. The molecule has 0 saturated heterocycles. The van der Waals surface area contributed by atoms with Crippen LogP contribution in [0.3, 0.4) is 0 Å². The fourth-order valence-corrected chi connectivity index (χ4v) is 15.7. The first-order chi connectivity index (χ1) is 15.0. The van der Waals surface area contributed by atoms with Gasteiger partial charge in [-0.25, -0.2) is 0 Å². The average Bonchev–Trinajstić information content (AvgIpc) is 2.69. The topological polar surface area (TPSA) is 40.2 Å².